The zero-order chi connectivity index (χ0) is 32.8. The third-order valence-electron chi connectivity index (χ3n) is 6.84. The molecule has 0 fully saturated rings. The van der Waals surface area contributed by atoms with Gasteiger partial charge in [0.1, 0.15) is 12.6 Å². The first kappa shape index (κ1) is 34.5. The molecule has 0 spiro atoms. The maximum Gasteiger partial charge on any atom is 0.264 e. The van der Waals surface area contributed by atoms with Gasteiger partial charge in [-0.25, -0.2) is 8.42 Å². The topological polar surface area (TPSA) is 86.8 Å². The van der Waals surface area contributed by atoms with Gasteiger partial charge in [-0.05, 0) is 74.4 Å². The number of carbonyl (C=O) groups is 2. The van der Waals surface area contributed by atoms with Gasteiger partial charge in [0.15, 0.2) is 0 Å². The van der Waals surface area contributed by atoms with Gasteiger partial charge in [-0.15, -0.1) is 0 Å². The van der Waals surface area contributed by atoms with Gasteiger partial charge < -0.3 is 10.2 Å². The van der Waals surface area contributed by atoms with Gasteiger partial charge >= 0.3 is 0 Å². The quantitative estimate of drug-likeness (QED) is 0.173. The molecule has 1 atom stereocenters. The summed E-state index contributed by atoms with van der Waals surface area (Å²) >= 11 is 15.9. The molecule has 0 saturated carbocycles. The molecule has 1 N–H and O–H groups in total. The van der Waals surface area contributed by atoms with Crippen molar-refractivity contribution in [3.8, 4) is 0 Å². The van der Waals surface area contributed by atoms with Crippen molar-refractivity contribution >= 4 is 66.7 Å². The molecule has 0 aliphatic heterocycles. The average Bonchev–Trinajstić information content (AvgIpc) is 3.00. The summed E-state index contributed by atoms with van der Waals surface area (Å²) in [5, 5.41) is 3.39. The van der Waals surface area contributed by atoms with Crippen LogP contribution in [0.25, 0.3) is 0 Å². The van der Waals surface area contributed by atoms with Gasteiger partial charge in [0, 0.05) is 23.0 Å². The second-order valence-corrected chi connectivity index (χ2v) is 15.1. The average molecular weight is 732 g/mol. The highest BCUT2D eigenvalue weighted by atomic mass is 79.9. The van der Waals surface area contributed by atoms with Crippen LogP contribution >= 0.6 is 39.1 Å². The van der Waals surface area contributed by atoms with Crippen LogP contribution in [-0.4, -0.2) is 43.3 Å². The number of amides is 2. The molecule has 0 bridgehead atoms. The first-order valence-corrected chi connectivity index (χ1v) is 17.2. The largest absolute Gasteiger partial charge is 0.350 e. The van der Waals surface area contributed by atoms with Crippen molar-refractivity contribution in [3.63, 3.8) is 0 Å². The van der Waals surface area contributed by atoms with Crippen molar-refractivity contribution in [1.29, 1.82) is 0 Å². The molecule has 4 rings (SSSR count). The lowest BCUT2D eigenvalue weighted by Gasteiger charge is -2.35. The van der Waals surface area contributed by atoms with E-state index in [4.69, 9.17) is 23.2 Å². The minimum atomic E-state index is -4.25. The normalized spacial score (nSPS) is 12.3. The Morgan fingerprint density at radius 1 is 0.822 bits per heavy atom. The first-order chi connectivity index (χ1) is 21.2. The van der Waals surface area contributed by atoms with Crippen LogP contribution in [0.15, 0.2) is 112 Å². The number of halogens is 3. The molecule has 45 heavy (non-hydrogen) atoms. The minimum Gasteiger partial charge on any atom is -0.350 e. The summed E-state index contributed by atoms with van der Waals surface area (Å²) in [5.41, 5.74) is 1.18. The van der Waals surface area contributed by atoms with Gasteiger partial charge in [-0.3, -0.25) is 13.9 Å². The molecule has 4 aromatic carbocycles. The molecule has 0 heterocycles. The molecular formula is C34H34BrCl2N3O4S. The maximum absolute atomic E-state index is 14.5. The third-order valence-corrected chi connectivity index (χ3v) is 9.89. The maximum atomic E-state index is 14.5. The van der Waals surface area contributed by atoms with Crippen molar-refractivity contribution in [1.82, 2.24) is 10.2 Å². The molecule has 0 aliphatic carbocycles. The lowest BCUT2D eigenvalue weighted by atomic mass is 10.0. The Hall–Kier alpha value is -3.37. The summed E-state index contributed by atoms with van der Waals surface area (Å²) < 4.78 is 30.0. The van der Waals surface area contributed by atoms with Crippen molar-refractivity contribution in [3.05, 3.63) is 129 Å². The number of carbonyl (C=O) groups excluding carboxylic acids is 2. The van der Waals surface area contributed by atoms with Crippen LogP contribution in [0.3, 0.4) is 0 Å². The van der Waals surface area contributed by atoms with E-state index in [1.54, 1.807) is 18.2 Å². The molecule has 4 aromatic rings. The van der Waals surface area contributed by atoms with Crippen LogP contribution in [-0.2, 0) is 32.6 Å². The molecular weight excluding hydrogens is 697 g/mol. The van der Waals surface area contributed by atoms with E-state index >= 15 is 0 Å². The Balaban J connectivity index is 1.82. The number of nitrogens with one attached hydrogen (secondary N) is 1. The summed E-state index contributed by atoms with van der Waals surface area (Å²) in [5.74, 6) is -0.933. The molecule has 2 amide bonds. The molecule has 11 heteroatoms. The Kier molecular flexibility index (Phi) is 11.4. The summed E-state index contributed by atoms with van der Waals surface area (Å²) in [4.78, 5) is 29.9. The number of sulfonamides is 1. The van der Waals surface area contributed by atoms with Gasteiger partial charge in [0.2, 0.25) is 11.8 Å². The van der Waals surface area contributed by atoms with Crippen LogP contribution in [0.5, 0.6) is 0 Å². The predicted octanol–water partition coefficient (Wildman–Crippen LogP) is 7.51. The molecule has 0 aromatic heterocycles. The number of rotatable bonds is 11. The van der Waals surface area contributed by atoms with E-state index < -0.39 is 34.1 Å². The highest BCUT2D eigenvalue weighted by Gasteiger charge is 2.35. The fourth-order valence-electron chi connectivity index (χ4n) is 4.68. The van der Waals surface area contributed by atoms with Crippen molar-refractivity contribution < 1.29 is 18.0 Å². The molecule has 0 unspecified atom stereocenters. The lowest BCUT2D eigenvalue weighted by Crippen LogP contribution is -2.56. The fourth-order valence-corrected chi connectivity index (χ4v) is 6.67. The zero-order valence-corrected chi connectivity index (χ0v) is 29.0. The van der Waals surface area contributed by atoms with E-state index in [0.29, 0.717) is 0 Å². The number of anilines is 1. The van der Waals surface area contributed by atoms with Crippen molar-refractivity contribution in [2.24, 2.45) is 0 Å². The SMILES string of the molecule is CC(C)(C)NC(=O)[C@H](Cc1ccccc1)N(Cc1ccc(Br)cc1)C(=O)CN(c1ccc(Cl)c(Cl)c1)S(=O)(=O)c1ccccc1. The monoisotopic (exact) mass is 729 g/mol. The predicted molar refractivity (Wildman–Crippen MR) is 184 cm³/mol. The van der Waals surface area contributed by atoms with E-state index in [9.17, 15) is 18.0 Å². The second-order valence-electron chi connectivity index (χ2n) is 11.5. The number of hydrogen-bond acceptors (Lipinski definition) is 4. The highest BCUT2D eigenvalue weighted by Crippen LogP contribution is 2.31. The minimum absolute atomic E-state index is 0.00496. The number of benzene rings is 4. The highest BCUT2D eigenvalue weighted by molar-refractivity contribution is 9.10. The number of nitrogens with zero attached hydrogens (tertiary/aromatic N) is 2. The Bertz CT molecular complexity index is 1730. The van der Waals surface area contributed by atoms with E-state index in [1.807, 2.05) is 75.4 Å². The Morgan fingerprint density at radius 2 is 1.42 bits per heavy atom. The van der Waals surface area contributed by atoms with E-state index in [0.717, 1.165) is 19.9 Å². The zero-order valence-electron chi connectivity index (χ0n) is 25.1. The first-order valence-electron chi connectivity index (χ1n) is 14.2. The van der Waals surface area contributed by atoms with E-state index in [2.05, 4.69) is 21.2 Å². The van der Waals surface area contributed by atoms with Crippen LogP contribution < -0.4 is 9.62 Å². The van der Waals surface area contributed by atoms with E-state index in [1.165, 1.54) is 35.2 Å². The molecule has 236 valence electrons. The van der Waals surface area contributed by atoms with Crippen LogP contribution in [0.4, 0.5) is 5.69 Å². The fraction of sp³-hybridized carbons (Fsp3) is 0.235. The lowest BCUT2D eigenvalue weighted by molar-refractivity contribution is -0.140. The molecule has 0 aliphatic rings. The molecule has 0 radical (unpaired) electrons. The van der Waals surface area contributed by atoms with Crippen LogP contribution in [0, 0.1) is 0 Å². The molecule has 7 nitrogen and oxygen atoms in total. The standard InChI is InChI=1S/C34H34BrCl2N3O4S/c1-34(2,3)38-33(42)31(20-24-10-6-4-7-11-24)39(22-25-14-16-26(35)17-15-25)32(41)23-40(27-18-19-29(36)30(37)21-27)45(43,44)28-12-8-5-9-13-28/h4-19,21,31H,20,22-23H2,1-3H3,(H,38,42)/t31-/m0/s1. The Morgan fingerprint density at radius 3 is 2.00 bits per heavy atom. The van der Waals surface area contributed by atoms with Crippen molar-refractivity contribution in [2.75, 3.05) is 10.8 Å². The Labute approximate surface area is 283 Å². The van der Waals surface area contributed by atoms with E-state index in [-0.39, 0.29) is 39.5 Å². The summed E-state index contributed by atoms with van der Waals surface area (Å²) in [6.07, 6.45) is 0.212. The number of hydrogen-bond donors (Lipinski definition) is 1. The van der Waals surface area contributed by atoms with Gasteiger partial charge in [-0.1, -0.05) is 99.8 Å². The van der Waals surface area contributed by atoms with Gasteiger partial charge in [-0.2, -0.15) is 0 Å². The smallest absolute Gasteiger partial charge is 0.264 e. The third kappa shape index (κ3) is 9.33. The van der Waals surface area contributed by atoms with Crippen LogP contribution in [0.2, 0.25) is 10.0 Å². The van der Waals surface area contributed by atoms with Gasteiger partial charge in [0.25, 0.3) is 10.0 Å². The second kappa shape index (κ2) is 14.8. The van der Waals surface area contributed by atoms with Crippen molar-refractivity contribution in [2.45, 2.75) is 50.2 Å². The summed E-state index contributed by atoms with van der Waals surface area (Å²) in [6.45, 7) is 5.05. The summed E-state index contributed by atoms with van der Waals surface area (Å²) in [7, 11) is -4.25. The molecule has 0 saturated heterocycles. The van der Waals surface area contributed by atoms with Gasteiger partial charge in [0.05, 0.1) is 20.6 Å². The summed E-state index contributed by atoms with van der Waals surface area (Å²) in [6, 6.07) is 28.0. The van der Waals surface area contributed by atoms with Crippen LogP contribution in [0.1, 0.15) is 31.9 Å².